The minimum Gasteiger partial charge on any atom is -0.481 e. The number of carboxylic acids is 1. The summed E-state index contributed by atoms with van der Waals surface area (Å²) in [6, 6.07) is 0.131. The van der Waals surface area contributed by atoms with Crippen molar-refractivity contribution in [1.29, 1.82) is 0 Å². The van der Waals surface area contributed by atoms with Gasteiger partial charge in [0.25, 0.3) is 0 Å². The molecule has 5 nitrogen and oxygen atoms in total. The number of carboxylic acid groups (broad SMARTS) is 1. The number of hydrogen-bond acceptors (Lipinski definition) is 2. The first kappa shape index (κ1) is 13.8. The molecular weight excluding hydrogens is 220 g/mol. The second-order valence-corrected chi connectivity index (χ2v) is 4.96. The molecule has 2 amide bonds. The van der Waals surface area contributed by atoms with E-state index in [4.69, 9.17) is 5.11 Å². The first-order valence-corrected chi connectivity index (χ1v) is 6.20. The number of hydrogen-bond donors (Lipinski definition) is 2. The fourth-order valence-electron chi connectivity index (χ4n) is 1.95. The summed E-state index contributed by atoms with van der Waals surface area (Å²) in [5, 5.41) is 11.7. The number of amides is 2. The van der Waals surface area contributed by atoms with Gasteiger partial charge >= 0.3 is 12.0 Å². The highest BCUT2D eigenvalue weighted by atomic mass is 16.4. The predicted molar refractivity (Wildman–Crippen MR) is 64.8 cm³/mol. The van der Waals surface area contributed by atoms with Crippen molar-refractivity contribution in [3.63, 3.8) is 0 Å². The number of aliphatic carboxylic acids is 1. The Morgan fingerprint density at radius 2 is 2.18 bits per heavy atom. The van der Waals surface area contributed by atoms with E-state index in [0.29, 0.717) is 12.0 Å². The van der Waals surface area contributed by atoms with Crippen LogP contribution in [0.5, 0.6) is 0 Å². The lowest BCUT2D eigenvalue weighted by molar-refractivity contribution is -0.141. The summed E-state index contributed by atoms with van der Waals surface area (Å²) >= 11 is 0. The Hall–Kier alpha value is -1.26. The lowest BCUT2D eigenvalue weighted by Crippen LogP contribution is -2.42. The monoisotopic (exact) mass is 242 g/mol. The molecule has 0 radical (unpaired) electrons. The second kappa shape index (κ2) is 5.89. The van der Waals surface area contributed by atoms with Crippen LogP contribution in [0.2, 0.25) is 0 Å². The topological polar surface area (TPSA) is 69.6 Å². The van der Waals surface area contributed by atoms with Crippen molar-refractivity contribution in [1.82, 2.24) is 10.2 Å². The molecule has 98 valence electrons. The third kappa shape index (κ3) is 4.24. The summed E-state index contributed by atoms with van der Waals surface area (Å²) in [6.45, 7) is 3.98. The highest BCUT2D eigenvalue weighted by Gasteiger charge is 2.37. The molecule has 0 saturated heterocycles. The minimum absolute atomic E-state index is 0.165. The van der Waals surface area contributed by atoms with Crippen molar-refractivity contribution in [2.75, 3.05) is 13.6 Å². The molecule has 0 aromatic carbocycles. The first-order chi connectivity index (χ1) is 7.95. The maximum atomic E-state index is 11.7. The fraction of sp³-hybridized carbons (Fsp3) is 0.833. The third-order valence-electron chi connectivity index (χ3n) is 3.21. The van der Waals surface area contributed by atoms with E-state index in [2.05, 4.69) is 12.2 Å². The average Bonchev–Trinajstić information content (AvgIpc) is 2.96. The molecule has 1 aliphatic carbocycles. The van der Waals surface area contributed by atoms with E-state index in [1.807, 2.05) is 0 Å². The van der Waals surface area contributed by atoms with Gasteiger partial charge in [0.1, 0.15) is 0 Å². The number of carbonyl (C=O) groups excluding carboxylic acids is 1. The number of nitrogens with one attached hydrogen (secondary N) is 1. The Bertz CT molecular complexity index is 293. The van der Waals surface area contributed by atoms with Gasteiger partial charge in [-0.25, -0.2) is 4.79 Å². The molecule has 3 unspecified atom stereocenters. The molecule has 1 fully saturated rings. The van der Waals surface area contributed by atoms with E-state index < -0.39 is 11.9 Å². The van der Waals surface area contributed by atoms with Gasteiger partial charge in [-0.2, -0.15) is 0 Å². The van der Waals surface area contributed by atoms with Gasteiger partial charge in [-0.15, -0.1) is 0 Å². The van der Waals surface area contributed by atoms with E-state index in [9.17, 15) is 9.59 Å². The van der Waals surface area contributed by atoms with Gasteiger partial charge < -0.3 is 15.3 Å². The van der Waals surface area contributed by atoms with E-state index in [1.54, 1.807) is 14.0 Å². The predicted octanol–water partition coefficient (Wildman–Crippen LogP) is 1.54. The molecule has 1 rings (SSSR count). The van der Waals surface area contributed by atoms with Crippen molar-refractivity contribution in [3.8, 4) is 0 Å². The number of urea groups is 1. The van der Waals surface area contributed by atoms with Crippen molar-refractivity contribution >= 4 is 12.0 Å². The SMILES string of the molecule is CCCC1CC1NC(=O)N(C)CC(C)C(=O)O. The normalized spacial score (nSPS) is 23.9. The Kier molecular flexibility index (Phi) is 4.78. The maximum absolute atomic E-state index is 11.7. The van der Waals surface area contributed by atoms with E-state index in [0.717, 1.165) is 19.3 Å². The molecule has 0 aliphatic heterocycles. The van der Waals surface area contributed by atoms with Crippen LogP contribution in [0.25, 0.3) is 0 Å². The molecule has 0 bridgehead atoms. The van der Waals surface area contributed by atoms with Crippen LogP contribution in [-0.2, 0) is 4.79 Å². The van der Waals surface area contributed by atoms with Crippen LogP contribution in [0.15, 0.2) is 0 Å². The van der Waals surface area contributed by atoms with Crippen LogP contribution in [0, 0.1) is 11.8 Å². The summed E-state index contributed by atoms with van der Waals surface area (Å²) in [5.74, 6) is -0.787. The van der Waals surface area contributed by atoms with Gasteiger partial charge in [0.2, 0.25) is 0 Å². The number of rotatable bonds is 6. The Labute approximate surface area is 102 Å². The van der Waals surface area contributed by atoms with Gasteiger partial charge in [0, 0.05) is 19.6 Å². The third-order valence-corrected chi connectivity index (χ3v) is 3.21. The maximum Gasteiger partial charge on any atom is 0.317 e. The highest BCUT2D eigenvalue weighted by Crippen LogP contribution is 2.34. The minimum atomic E-state index is -0.875. The molecule has 0 spiro atoms. The molecule has 0 aromatic heterocycles. The molecule has 17 heavy (non-hydrogen) atoms. The molecule has 3 atom stereocenters. The molecule has 1 saturated carbocycles. The summed E-state index contributed by atoms with van der Waals surface area (Å²) in [5.41, 5.74) is 0. The largest absolute Gasteiger partial charge is 0.481 e. The van der Waals surface area contributed by atoms with Gasteiger partial charge in [-0.05, 0) is 18.8 Å². The summed E-state index contributed by atoms with van der Waals surface area (Å²) in [7, 11) is 1.63. The fourth-order valence-corrected chi connectivity index (χ4v) is 1.95. The molecule has 0 heterocycles. The standard InChI is InChI=1S/C12H22N2O3/c1-4-5-9-6-10(9)13-12(17)14(3)7-8(2)11(15)16/h8-10H,4-7H2,1-3H3,(H,13,17)(H,15,16). The summed E-state index contributed by atoms with van der Waals surface area (Å²) < 4.78 is 0. The molecule has 0 aromatic rings. The zero-order valence-electron chi connectivity index (χ0n) is 10.8. The van der Waals surface area contributed by atoms with Gasteiger partial charge in [-0.1, -0.05) is 20.3 Å². The Balaban J connectivity index is 2.26. The highest BCUT2D eigenvalue weighted by molar-refractivity contribution is 5.76. The van der Waals surface area contributed by atoms with E-state index in [-0.39, 0.29) is 12.6 Å². The molecule has 1 aliphatic rings. The van der Waals surface area contributed by atoms with Gasteiger partial charge in [0.15, 0.2) is 0 Å². The van der Waals surface area contributed by atoms with Crippen LogP contribution >= 0.6 is 0 Å². The van der Waals surface area contributed by atoms with Crippen LogP contribution < -0.4 is 5.32 Å². The summed E-state index contributed by atoms with van der Waals surface area (Å²) in [6.07, 6.45) is 3.35. The van der Waals surface area contributed by atoms with E-state index in [1.165, 1.54) is 4.90 Å². The van der Waals surface area contributed by atoms with Gasteiger partial charge in [-0.3, -0.25) is 4.79 Å². The second-order valence-electron chi connectivity index (χ2n) is 4.96. The first-order valence-electron chi connectivity index (χ1n) is 6.20. The van der Waals surface area contributed by atoms with Crippen LogP contribution in [-0.4, -0.2) is 41.6 Å². The van der Waals surface area contributed by atoms with Crippen molar-refractivity contribution < 1.29 is 14.7 Å². The average molecular weight is 242 g/mol. The molecule has 2 N–H and O–H groups in total. The number of nitrogens with zero attached hydrogens (tertiary/aromatic N) is 1. The van der Waals surface area contributed by atoms with Crippen molar-refractivity contribution in [3.05, 3.63) is 0 Å². The zero-order valence-corrected chi connectivity index (χ0v) is 10.8. The lowest BCUT2D eigenvalue weighted by Gasteiger charge is -2.20. The molecular formula is C12H22N2O3. The smallest absolute Gasteiger partial charge is 0.317 e. The number of carbonyl (C=O) groups is 2. The van der Waals surface area contributed by atoms with Crippen LogP contribution in [0.3, 0.4) is 0 Å². The van der Waals surface area contributed by atoms with Crippen LogP contribution in [0.1, 0.15) is 33.1 Å². The van der Waals surface area contributed by atoms with Crippen LogP contribution in [0.4, 0.5) is 4.79 Å². The van der Waals surface area contributed by atoms with Crippen molar-refractivity contribution in [2.24, 2.45) is 11.8 Å². The zero-order chi connectivity index (χ0) is 13.0. The Morgan fingerprint density at radius 1 is 1.53 bits per heavy atom. The summed E-state index contributed by atoms with van der Waals surface area (Å²) in [4.78, 5) is 23.8. The molecule has 5 heteroatoms. The Morgan fingerprint density at radius 3 is 2.71 bits per heavy atom. The van der Waals surface area contributed by atoms with E-state index >= 15 is 0 Å². The quantitative estimate of drug-likeness (QED) is 0.742. The van der Waals surface area contributed by atoms with Gasteiger partial charge in [0.05, 0.1) is 5.92 Å². The lowest BCUT2D eigenvalue weighted by atomic mass is 10.2. The van der Waals surface area contributed by atoms with Crippen molar-refractivity contribution in [2.45, 2.75) is 39.2 Å².